The van der Waals surface area contributed by atoms with Gasteiger partial charge in [-0.3, -0.25) is 14.5 Å². The van der Waals surface area contributed by atoms with Crippen molar-refractivity contribution in [2.75, 3.05) is 32.7 Å². The van der Waals surface area contributed by atoms with E-state index in [1.165, 1.54) is 16.9 Å². The van der Waals surface area contributed by atoms with Crippen LogP contribution in [0.25, 0.3) is 0 Å². The van der Waals surface area contributed by atoms with E-state index in [4.69, 9.17) is 0 Å². The fourth-order valence-electron chi connectivity index (χ4n) is 2.93. The third-order valence-corrected chi connectivity index (χ3v) is 5.27. The molecular weight excluding hydrogens is 320 g/mol. The summed E-state index contributed by atoms with van der Waals surface area (Å²) in [6.07, 6.45) is 1.34. The van der Waals surface area contributed by atoms with Crippen LogP contribution in [0.2, 0.25) is 0 Å². The number of Topliss-reactive ketones (excluding diaryl/α,β-unsaturated/α-hetero) is 1. The van der Waals surface area contributed by atoms with Crippen LogP contribution < -0.4 is 0 Å². The van der Waals surface area contributed by atoms with Crippen molar-refractivity contribution in [2.24, 2.45) is 0 Å². The number of rotatable bonds is 6. The number of hydrogen-bond acceptors (Lipinski definition) is 4. The molecule has 2 aromatic rings. The molecule has 1 fully saturated rings. The van der Waals surface area contributed by atoms with Crippen LogP contribution in [-0.4, -0.2) is 54.2 Å². The first-order chi connectivity index (χ1) is 11.7. The predicted molar refractivity (Wildman–Crippen MR) is 96.4 cm³/mol. The number of thiophene rings is 1. The molecule has 2 heterocycles. The first-order valence-corrected chi connectivity index (χ1v) is 9.21. The number of benzene rings is 1. The van der Waals surface area contributed by atoms with Crippen molar-refractivity contribution in [3.8, 4) is 0 Å². The average molecular weight is 342 g/mol. The summed E-state index contributed by atoms with van der Waals surface area (Å²) in [5.74, 6) is 0.386. The van der Waals surface area contributed by atoms with Crippen LogP contribution >= 0.6 is 11.3 Å². The number of amides is 1. The Kier molecular flexibility index (Phi) is 5.77. The standard InChI is InChI=1S/C19H22N2O2S/c22-17(18-7-4-14-24-18)15-20-10-12-21(13-11-20)19(23)9-8-16-5-2-1-3-6-16/h1-7,14H,8-13,15H2. The number of hydrogen-bond donors (Lipinski definition) is 0. The average Bonchev–Trinajstić information content (AvgIpc) is 3.16. The lowest BCUT2D eigenvalue weighted by Gasteiger charge is -2.34. The molecule has 3 rings (SSSR count). The number of ketones is 1. The number of aryl methyl sites for hydroxylation is 1. The van der Waals surface area contributed by atoms with E-state index in [-0.39, 0.29) is 11.7 Å². The maximum absolute atomic E-state index is 12.3. The summed E-state index contributed by atoms with van der Waals surface area (Å²) in [4.78, 5) is 29.3. The maximum Gasteiger partial charge on any atom is 0.222 e. The smallest absolute Gasteiger partial charge is 0.222 e. The first kappa shape index (κ1) is 16.9. The van der Waals surface area contributed by atoms with Gasteiger partial charge in [0, 0.05) is 32.6 Å². The quantitative estimate of drug-likeness (QED) is 0.758. The Morgan fingerprint density at radius 3 is 2.38 bits per heavy atom. The fourth-order valence-corrected chi connectivity index (χ4v) is 3.58. The summed E-state index contributed by atoms with van der Waals surface area (Å²) in [5.41, 5.74) is 1.20. The summed E-state index contributed by atoms with van der Waals surface area (Å²) >= 11 is 1.49. The molecule has 1 aromatic heterocycles. The molecule has 126 valence electrons. The number of carbonyl (C=O) groups excluding carboxylic acids is 2. The maximum atomic E-state index is 12.3. The van der Waals surface area contributed by atoms with Crippen molar-refractivity contribution in [2.45, 2.75) is 12.8 Å². The molecule has 0 aliphatic carbocycles. The second-order valence-electron chi connectivity index (χ2n) is 6.04. The molecule has 1 amide bonds. The fraction of sp³-hybridized carbons (Fsp3) is 0.368. The Balaban J connectivity index is 1.41. The van der Waals surface area contributed by atoms with Crippen LogP contribution in [0, 0.1) is 0 Å². The molecule has 5 heteroatoms. The molecule has 4 nitrogen and oxygen atoms in total. The van der Waals surface area contributed by atoms with Gasteiger partial charge in [0.1, 0.15) is 0 Å². The molecule has 0 N–H and O–H groups in total. The monoisotopic (exact) mass is 342 g/mol. The van der Waals surface area contributed by atoms with Crippen LogP contribution in [0.5, 0.6) is 0 Å². The third-order valence-electron chi connectivity index (χ3n) is 4.36. The summed E-state index contributed by atoms with van der Waals surface area (Å²) in [7, 11) is 0. The van der Waals surface area contributed by atoms with Gasteiger partial charge in [-0.1, -0.05) is 36.4 Å². The van der Waals surface area contributed by atoms with Crippen LogP contribution in [0.3, 0.4) is 0 Å². The van der Waals surface area contributed by atoms with Crippen LogP contribution in [-0.2, 0) is 11.2 Å². The van der Waals surface area contributed by atoms with Gasteiger partial charge in [0.2, 0.25) is 5.91 Å². The van der Waals surface area contributed by atoms with Crippen molar-refractivity contribution in [1.29, 1.82) is 0 Å². The van der Waals surface area contributed by atoms with Crippen molar-refractivity contribution < 1.29 is 9.59 Å². The molecular formula is C19H22N2O2S. The zero-order valence-electron chi connectivity index (χ0n) is 13.7. The van der Waals surface area contributed by atoms with Gasteiger partial charge in [0.05, 0.1) is 11.4 Å². The highest BCUT2D eigenvalue weighted by Crippen LogP contribution is 2.12. The second-order valence-corrected chi connectivity index (χ2v) is 6.99. The summed E-state index contributed by atoms with van der Waals surface area (Å²) in [6.45, 7) is 3.42. The van der Waals surface area contributed by atoms with Gasteiger partial charge in [0.15, 0.2) is 5.78 Å². The molecule has 0 spiro atoms. The van der Waals surface area contributed by atoms with E-state index in [2.05, 4.69) is 17.0 Å². The van der Waals surface area contributed by atoms with E-state index in [9.17, 15) is 9.59 Å². The van der Waals surface area contributed by atoms with E-state index >= 15 is 0 Å². The molecule has 0 bridgehead atoms. The Hall–Kier alpha value is -1.98. The Morgan fingerprint density at radius 2 is 1.71 bits per heavy atom. The minimum Gasteiger partial charge on any atom is -0.340 e. The van der Waals surface area contributed by atoms with Gasteiger partial charge >= 0.3 is 0 Å². The van der Waals surface area contributed by atoms with Crippen molar-refractivity contribution in [3.63, 3.8) is 0 Å². The molecule has 1 saturated heterocycles. The molecule has 1 aromatic carbocycles. The molecule has 0 unspecified atom stereocenters. The van der Waals surface area contributed by atoms with Crippen molar-refractivity contribution >= 4 is 23.0 Å². The summed E-state index contributed by atoms with van der Waals surface area (Å²) in [5, 5.41) is 1.93. The third kappa shape index (κ3) is 4.52. The SMILES string of the molecule is O=C(CN1CCN(C(=O)CCc2ccccc2)CC1)c1cccs1. The highest BCUT2D eigenvalue weighted by molar-refractivity contribution is 7.12. The highest BCUT2D eigenvalue weighted by atomic mass is 32.1. The molecule has 24 heavy (non-hydrogen) atoms. The van der Waals surface area contributed by atoms with Gasteiger partial charge in [-0.25, -0.2) is 0 Å². The second kappa shape index (κ2) is 8.22. The predicted octanol–water partition coefficient (Wildman–Crippen LogP) is 2.71. The van der Waals surface area contributed by atoms with Gasteiger partial charge in [-0.05, 0) is 23.4 Å². The Bertz CT molecular complexity index is 662. The normalized spacial score (nSPS) is 15.4. The van der Waals surface area contributed by atoms with E-state index in [1.807, 2.05) is 40.6 Å². The zero-order chi connectivity index (χ0) is 16.8. The van der Waals surface area contributed by atoms with E-state index < -0.39 is 0 Å². The lowest BCUT2D eigenvalue weighted by molar-refractivity contribution is -0.132. The van der Waals surface area contributed by atoms with Crippen molar-refractivity contribution in [3.05, 3.63) is 58.3 Å². The Morgan fingerprint density at radius 1 is 0.958 bits per heavy atom. The molecule has 1 aliphatic heterocycles. The molecule has 1 aliphatic rings. The van der Waals surface area contributed by atoms with Crippen LogP contribution in [0.15, 0.2) is 47.8 Å². The molecule has 0 atom stereocenters. The number of piperazine rings is 1. The van der Waals surface area contributed by atoms with Gasteiger partial charge in [-0.15, -0.1) is 11.3 Å². The lowest BCUT2D eigenvalue weighted by atomic mass is 10.1. The number of nitrogens with zero attached hydrogens (tertiary/aromatic N) is 2. The summed E-state index contributed by atoms with van der Waals surface area (Å²) < 4.78 is 0. The van der Waals surface area contributed by atoms with E-state index in [0.29, 0.717) is 26.1 Å². The minimum absolute atomic E-state index is 0.175. The topological polar surface area (TPSA) is 40.6 Å². The highest BCUT2D eigenvalue weighted by Gasteiger charge is 2.22. The van der Waals surface area contributed by atoms with Crippen LogP contribution in [0.4, 0.5) is 0 Å². The Labute approximate surface area is 146 Å². The number of carbonyl (C=O) groups is 2. The minimum atomic E-state index is 0.175. The van der Waals surface area contributed by atoms with Gasteiger partial charge in [0.25, 0.3) is 0 Å². The van der Waals surface area contributed by atoms with Crippen LogP contribution in [0.1, 0.15) is 21.7 Å². The molecule has 0 saturated carbocycles. The van der Waals surface area contributed by atoms with E-state index in [0.717, 1.165) is 24.4 Å². The lowest BCUT2D eigenvalue weighted by Crippen LogP contribution is -2.49. The van der Waals surface area contributed by atoms with E-state index in [1.54, 1.807) is 0 Å². The van der Waals surface area contributed by atoms with Gasteiger partial charge in [-0.2, -0.15) is 0 Å². The molecule has 0 radical (unpaired) electrons. The van der Waals surface area contributed by atoms with Gasteiger partial charge < -0.3 is 4.90 Å². The summed E-state index contributed by atoms with van der Waals surface area (Å²) in [6, 6.07) is 13.9. The van der Waals surface area contributed by atoms with Crippen molar-refractivity contribution in [1.82, 2.24) is 9.80 Å². The zero-order valence-corrected chi connectivity index (χ0v) is 14.5. The largest absolute Gasteiger partial charge is 0.340 e. The first-order valence-electron chi connectivity index (χ1n) is 8.33.